The van der Waals surface area contributed by atoms with Crippen LogP contribution in [0.4, 0.5) is 0 Å². The highest BCUT2D eigenvalue weighted by Gasteiger charge is 2.17. The summed E-state index contributed by atoms with van der Waals surface area (Å²) in [5, 5.41) is 8.17. The maximum Gasteiger partial charge on any atom is 0.261 e. The van der Waals surface area contributed by atoms with Crippen LogP contribution >= 0.6 is 23.7 Å². The van der Waals surface area contributed by atoms with Crippen LogP contribution in [0.25, 0.3) is 0 Å². The molecule has 1 amide bonds. The highest BCUT2D eigenvalue weighted by Crippen LogP contribution is 2.21. The number of halogens is 1. The Morgan fingerprint density at radius 3 is 2.82 bits per heavy atom. The van der Waals surface area contributed by atoms with Gasteiger partial charge in [-0.3, -0.25) is 4.79 Å². The number of methoxy groups -OCH3 is 1. The summed E-state index contributed by atoms with van der Waals surface area (Å²) in [5.41, 5.74) is 0. The molecule has 0 atom stereocenters. The molecule has 1 fully saturated rings. The topological polar surface area (TPSA) is 50.4 Å². The molecule has 0 aromatic carbocycles. The van der Waals surface area contributed by atoms with Gasteiger partial charge in [-0.15, -0.1) is 23.7 Å². The number of nitrogens with one attached hydrogen (secondary N) is 2. The summed E-state index contributed by atoms with van der Waals surface area (Å²) in [6, 6.07) is 2.09. The number of ether oxygens (including phenoxy) is 1. The molecule has 2 heterocycles. The Morgan fingerprint density at radius 1 is 1.53 bits per heavy atom. The van der Waals surface area contributed by atoms with Crippen molar-refractivity contribution >= 4 is 29.7 Å². The predicted molar refractivity (Wildman–Crippen MR) is 71.5 cm³/mol. The van der Waals surface area contributed by atoms with Gasteiger partial charge in [-0.25, -0.2) is 0 Å². The first kappa shape index (κ1) is 14.3. The second kappa shape index (κ2) is 6.83. The number of amides is 1. The summed E-state index contributed by atoms with van der Waals surface area (Å²) in [6.07, 6.45) is 2.02. The third-order valence-corrected chi connectivity index (χ3v) is 3.62. The average Bonchev–Trinajstić information content (AvgIpc) is 2.79. The van der Waals surface area contributed by atoms with Gasteiger partial charge >= 0.3 is 0 Å². The second-order valence-electron chi connectivity index (χ2n) is 3.85. The standard InChI is InChI=1S/C11H16N2O2S.ClH/c1-15-9-6-10(16-7-9)11(14)13-8-2-4-12-5-3-8;/h6-8,12H,2-5H2,1H3,(H,13,14);1H. The zero-order chi connectivity index (χ0) is 11.4. The lowest BCUT2D eigenvalue weighted by molar-refractivity contribution is 0.0933. The van der Waals surface area contributed by atoms with Crippen LogP contribution in [0.1, 0.15) is 22.5 Å². The molecule has 0 unspecified atom stereocenters. The van der Waals surface area contributed by atoms with Crippen molar-refractivity contribution in [3.05, 3.63) is 16.3 Å². The van der Waals surface area contributed by atoms with Crippen LogP contribution in [-0.4, -0.2) is 32.1 Å². The van der Waals surface area contributed by atoms with Gasteiger partial charge in [0.15, 0.2) is 0 Å². The van der Waals surface area contributed by atoms with Gasteiger partial charge in [0.05, 0.1) is 12.0 Å². The lowest BCUT2D eigenvalue weighted by Crippen LogP contribution is -2.42. The summed E-state index contributed by atoms with van der Waals surface area (Å²) < 4.78 is 5.06. The normalized spacial score (nSPS) is 16.1. The summed E-state index contributed by atoms with van der Waals surface area (Å²) >= 11 is 1.42. The highest BCUT2D eigenvalue weighted by molar-refractivity contribution is 7.12. The van der Waals surface area contributed by atoms with Crippen molar-refractivity contribution in [3.63, 3.8) is 0 Å². The van der Waals surface area contributed by atoms with Crippen LogP contribution in [0.2, 0.25) is 0 Å². The maximum atomic E-state index is 11.9. The van der Waals surface area contributed by atoms with Crippen molar-refractivity contribution in [3.8, 4) is 5.75 Å². The molecule has 0 bridgehead atoms. The van der Waals surface area contributed by atoms with E-state index in [1.165, 1.54) is 11.3 Å². The Labute approximate surface area is 111 Å². The van der Waals surface area contributed by atoms with Crippen LogP contribution in [0.3, 0.4) is 0 Å². The fourth-order valence-electron chi connectivity index (χ4n) is 1.77. The molecule has 96 valence electrons. The van der Waals surface area contributed by atoms with Crippen LogP contribution in [0, 0.1) is 0 Å². The number of carbonyl (C=O) groups excluding carboxylic acids is 1. The van der Waals surface area contributed by atoms with Crippen molar-refractivity contribution in [1.82, 2.24) is 10.6 Å². The molecule has 2 N–H and O–H groups in total. The van der Waals surface area contributed by atoms with Gasteiger partial charge in [0.25, 0.3) is 5.91 Å². The van der Waals surface area contributed by atoms with Crippen molar-refractivity contribution < 1.29 is 9.53 Å². The summed E-state index contributed by atoms with van der Waals surface area (Å²) in [5.74, 6) is 0.765. The van der Waals surface area contributed by atoms with E-state index < -0.39 is 0 Å². The molecular weight excluding hydrogens is 260 g/mol. The lowest BCUT2D eigenvalue weighted by Gasteiger charge is -2.23. The minimum Gasteiger partial charge on any atom is -0.496 e. The minimum absolute atomic E-state index is 0. The van der Waals surface area contributed by atoms with Gasteiger partial charge < -0.3 is 15.4 Å². The molecule has 1 aliphatic heterocycles. The molecule has 2 rings (SSSR count). The molecule has 0 spiro atoms. The van der Waals surface area contributed by atoms with Gasteiger partial charge in [0, 0.05) is 17.5 Å². The smallest absolute Gasteiger partial charge is 0.261 e. The molecule has 17 heavy (non-hydrogen) atoms. The van der Waals surface area contributed by atoms with E-state index in [0.717, 1.165) is 36.6 Å². The Balaban J connectivity index is 0.00000144. The van der Waals surface area contributed by atoms with E-state index >= 15 is 0 Å². The van der Waals surface area contributed by atoms with E-state index in [2.05, 4.69) is 10.6 Å². The first-order valence-electron chi connectivity index (χ1n) is 5.43. The van der Waals surface area contributed by atoms with Gasteiger partial charge in [-0.1, -0.05) is 0 Å². The lowest BCUT2D eigenvalue weighted by atomic mass is 10.1. The molecule has 0 saturated carbocycles. The van der Waals surface area contributed by atoms with Crippen LogP contribution in [0.5, 0.6) is 5.75 Å². The zero-order valence-electron chi connectivity index (χ0n) is 9.69. The molecule has 6 heteroatoms. The van der Waals surface area contributed by atoms with Crippen LogP contribution < -0.4 is 15.4 Å². The van der Waals surface area contributed by atoms with E-state index in [9.17, 15) is 4.79 Å². The number of rotatable bonds is 3. The summed E-state index contributed by atoms with van der Waals surface area (Å²) in [7, 11) is 1.61. The molecular formula is C11H17ClN2O2S. The van der Waals surface area contributed by atoms with E-state index in [-0.39, 0.29) is 18.3 Å². The largest absolute Gasteiger partial charge is 0.496 e. The van der Waals surface area contributed by atoms with Crippen molar-refractivity contribution in [2.45, 2.75) is 18.9 Å². The molecule has 1 aliphatic rings. The Bertz CT molecular complexity index is 364. The van der Waals surface area contributed by atoms with Gasteiger partial charge in [0.1, 0.15) is 5.75 Å². The zero-order valence-corrected chi connectivity index (χ0v) is 11.3. The number of hydrogen-bond acceptors (Lipinski definition) is 4. The molecule has 1 aromatic heterocycles. The van der Waals surface area contributed by atoms with Crippen LogP contribution in [0.15, 0.2) is 11.4 Å². The molecule has 1 saturated heterocycles. The first-order valence-corrected chi connectivity index (χ1v) is 6.31. The molecule has 1 aromatic rings. The Morgan fingerprint density at radius 2 is 2.24 bits per heavy atom. The summed E-state index contributed by atoms with van der Waals surface area (Å²) in [4.78, 5) is 12.6. The highest BCUT2D eigenvalue weighted by atomic mass is 35.5. The quantitative estimate of drug-likeness (QED) is 0.883. The third-order valence-electron chi connectivity index (χ3n) is 2.71. The fraction of sp³-hybridized carbons (Fsp3) is 0.545. The molecule has 4 nitrogen and oxygen atoms in total. The van der Waals surface area contributed by atoms with Gasteiger partial charge in [0.2, 0.25) is 0 Å². The monoisotopic (exact) mass is 276 g/mol. The Hall–Kier alpha value is -0.780. The SMILES string of the molecule is COc1csc(C(=O)NC2CCNCC2)c1.Cl. The predicted octanol–water partition coefficient (Wildman–Crippen LogP) is 1.66. The van der Waals surface area contributed by atoms with Crippen molar-refractivity contribution in [1.29, 1.82) is 0 Å². The second-order valence-corrected chi connectivity index (χ2v) is 4.76. The van der Waals surface area contributed by atoms with E-state index in [1.807, 2.05) is 5.38 Å². The number of thiophene rings is 1. The average molecular weight is 277 g/mol. The summed E-state index contributed by atoms with van der Waals surface area (Å²) in [6.45, 7) is 1.97. The Kier molecular flexibility index (Phi) is 5.74. The van der Waals surface area contributed by atoms with E-state index in [4.69, 9.17) is 4.74 Å². The van der Waals surface area contributed by atoms with Gasteiger partial charge in [-0.05, 0) is 25.9 Å². The number of piperidine rings is 1. The van der Waals surface area contributed by atoms with Crippen molar-refractivity contribution in [2.75, 3.05) is 20.2 Å². The molecule has 0 radical (unpaired) electrons. The maximum absolute atomic E-state index is 11.9. The third kappa shape index (κ3) is 3.87. The number of hydrogen-bond donors (Lipinski definition) is 2. The minimum atomic E-state index is 0. The van der Waals surface area contributed by atoms with E-state index in [0.29, 0.717) is 6.04 Å². The van der Waals surface area contributed by atoms with E-state index in [1.54, 1.807) is 13.2 Å². The van der Waals surface area contributed by atoms with Crippen LogP contribution in [-0.2, 0) is 0 Å². The number of carbonyl (C=O) groups is 1. The van der Waals surface area contributed by atoms with Crippen molar-refractivity contribution in [2.24, 2.45) is 0 Å². The molecule has 0 aliphatic carbocycles. The fourth-order valence-corrected chi connectivity index (χ4v) is 2.53. The first-order chi connectivity index (χ1) is 7.79. The van der Waals surface area contributed by atoms with Gasteiger partial charge in [-0.2, -0.15) is 0 Å².